The zero-order valence-electron chi connectivity index (χ0n) is 13.3. The highest BCUT2D eigenvalue weighted by atomic mass is 32.2. The summed E-state index contributed by atoms with van der Waals surface area (Å²) in [5, 5.41) is 9.75. The van der Waals surface area contributed by atoms with Crippen molar-refractivity contribution in [3.8, 4) is 0 Å². The van der Waals surface area contributed by atoms with Crippen molar-refractivity contribution >= 4 is 10.1 Å². The Morgan fingerprint density at radius 3 is 2.36 bits per heavy atom. The number of rotatable bonds is 8. The van der Waals surface area contributed by atoms with Crippen LogP contribution in [0.25, 0.3) is 0 Å². The van der Waals surface area contributed by atoms with Gasteiger partial charge >= 0.3 is 0 Å². The number of aliphatic hydroxyl groups is 1. The Morgan fingerprint density at radius 2 is 1.86 bits per heavy atom. The highest BCUT2D eigenvalue weighted by Crippen LogP contribution is 2.37. The summed E-state index contributed by atoms with van der Waals surface area (Å²) in [6, 6.07) is 6.55. The monoisotopic (exact) mass is 328 g/mol. The SMILES string of the molecule is Cc1ccc(S(=O)(=O)OCC[C@H](OC(C)(C)O)C2CC2)cc1. The number of hydrogen-bond donors (Lipinski definition) is 1. The van der Waals surface area contributed by atoms with Gasteiger partial charge in [0.05, 0.1) is 17.6 Å². The summed E-state index contributed by atoms with van der Waals surface area (Å²) in [6.07, 6.45) is 2.37. The van der Waals surface area contributed by atoms with E-state index < -0.39 is 15.9 Å². The second kappa shape index (κ2) is 6.66. The first-order valence-corrected chi connectivity index (χ1v) is 8.94. The van der Waals surface area contributed by atoms with Gasteiger partial charge in [-0.05, 0) is 58.1 Å². The standard InChI is InChI=1S/C16H24O5S/c1-12-4-8-14(9-5-12)22(18,19)20-11-10-15(13-6-7-13)21-16(2,3)17/h4-5,8-9,13,15,17H,6-7,10-11H2,1-3H3/t15-/m0/s1. The Labute approximate surface area is 132 Å². The van der Waals surface area contributed by atoms with Crippen LogP contribution in [0.3, 0.4) is 0 Å². The van der Waals surface area contributed by atoms with Gasteiger partial charge in [0.1, 0.15) is 0 Å². The van der Waals surface area contributed by atoms with E-state index in [1.807, 2.05) is 6.92 Å². The molecular weight excluding hydrogens is 304 g/mol. The van der Waals surface area contributed by atoms with Gasteiger partial charge in [-0.1, -0.05) is 17.7 Å². The molecule has 0 aliphatic heterocycles. The van der Waals surface area contributed by atoms with Crippen molar-refractivity contribution in [2.24, 2.45) is 5.92 Å². The molecule has 0 radical (unpaired) electrons. The van der Waals surface area contributed by atoms with Crippen LogP contribution < -0.4 is 0 Å². The molecule has 1 atom stereocenters. The molecule has 0 unspecified atom stereocenters. The molecule has 2 rings (SSSR count). The molecule has 1 fully saturated rings. The quantitative estimate of drug-likeness (QED) is 0.586. The van der Waals surface area contributed by atoms with Crippen LogP contribution in [-0.4, -0.2) is 32.0 Å². The van der Waals surface area contributed by atoms with Gasteiger partial charge < -0.3 is 9.84 Å². The predicted octanol–water partition coefficient (Wildman–Crippen LogP) is 2.61. The van der Waals surface area contributed by atoms with E-state index in [9.17, 15) is 13.5 Å². The smallest absolute Gasteiger partial charge is 0.296 e. The van der Waals surface area contributed by atoms with Gasteiger partial charge in [-0.15, -0.1) is 0 Å². The molecule has 1 aliphatic carbocycles. The molecule has 0 bridgehead atoms. The van der Waals surface area contributed by atoms with Gasteiger partial charge in [-0.25, -0.2) is 0 Å². The van der Waals surface area contributed by atoms with Crippen LogP contribution in [0, 0.1) is 12.8 Å². The maximum absolute atomic E-state index is 12.1. The Morgan fingerprint density at radius 1 is 1.27 bits per heavy atom. The van der Waals surface area contributed by atoms with E-state index in [0.29, 0.717) is 12.3 Å². The largest absolute Gasteiger partial charge is 0.366 e. The summed E-state index contributed by atoms with van der Waals surface area (Å²) < 4.78 is 34.8. The second-order valence-corrected chi connectivity index (χ2v) is 7.93. The number of ether oxygens (including phenoxy) is 1. The van der Waals surface area contributed by atoms with Gasteiger partial charge in [0, 0.05) is 0 Å². The zero-order valence-corrected chi connectivity index (χ0v) is 14.1. The fourth-order valence-corrected chi connectivity index (χ4v) is 3.20. The van der Waals surface area contributed by atoms with Crippen molar-refractivity contribution in [1.82, 2.24) is 0 Å². The molecule has 1 N–H and O–H groups in total. The van der Waals surface area contributed by atoms with Gasteiger partial charge in [-0.2, -0.15) is 8.42 Å². The first kappa shape index (κ1) is 17.4. The summed E-state index contributed by atoms with van der Waals surface area (Å²) in [6.45, 7) is 5.09. The molecule has 0 aromatic heterocycles. The average Bonchev–Trinajstić information content (AvgIpc) is 3.20. The number of aryl methyl sites for hydroxylation is 1. The van der Waals surface area contributed by atoms with Gasteiger partial charge in [0.2, 0.25) is 0 Å². The van der Waals surface area contributed by atoms with E-state index >= 15 is 0 Å². The molecule has 1 aromatic carbocycles. The Hall–Kier alpha value is -0.950. The minimum atomic E-state index is -3.74. The summed E-state index contributed by atoms with van der Waals surface area (Å²) in [5.74, 6) is -0.833. The van der Waals surface area contributed by atoms with E-state index in [4.69, 9.17) is 8.92 Å². The van der Waals surface area contributed by atoms with Crippen LogP contribution in [0.1, 0.15) is 38.7 Å². The van der Waals surface area contributed by atoms with Crippen molar-refractivity contribution in [2.75, 3.05) is 6.61 Å². The van der Waals surface area contributed by atoms with E-state index in [2.05, 4.69) is 0 Å². The van der Waals surface area contributed by atoms with E-state index in [-0.39, 0.29) is 17.6 Å². The molecular formula is C16H24O5S. The van der Waals surface area contributed by atoms with E-state index in [0.717, 1.165) is 18.4 Å². The third kappa shape index (κ3) is 5.35. The van der Waals surface area contributed by atoms with Crippen LogP contribution in [0.15, 0.2) is 29.2 Å². The van der Waals surface area contributed by atoms with Crippen LogP contribution in [0.5, 0.6) is 0 Å². The van der Waals surface area contributed by atoms with Crippen molar-refractivity contribution in [3.05, 3.63) is 29.8 Å². The topological polar surface area (TPSA) is 72.8 Å². The van der Waals surface area contributed by atoms with E-state index in [1.165, 1.54) is 12.1 Å². The first-order chi connectivity index (χ1) is 10.2. The van der Waals surface area contributed by atoms with Crippen molar-refractivity contribution < 1.29 is 22.4 Å². The minimum Gasteiger partial charge on any atom is -0.366 e. The first-order valence-electron chi connectivity index (χ1n) is 7.54. The highest BCUT2D eigenvalue weighted by molar-refractivity contribution is 7.86. The van der Waals surface area contributed by atoms with Gasteiger partial charge in [0.15, 0.2) is 5.79 Å². The Balaban J connectivity index is 1.89. The highest BCUT2D eigenvalue weighted by Gasteiger charge is 2.35. The van der Waals surface area contributed by atoms with Crippen LogP contribution in [-0.2, 0) is 19.0 Å². The minimum absolute atomic E-state index is 0.0491. The molecule has 22 heavy (non-hydrogen) atoms. The number of benzene rings is 1. The van der Waals surface area contributed by atoms with Crippen LogP contribution in [0.2, 0.25) is 0 Å². The maximum Gasteiger partial charge on any atom is 0.296 e. The molecule has 1 aromatic rings. The molecule has 6 heteroatoms. The van der Waals surface area contributed by atoms with Crippen molar-refractivity contribution in [2.45, 2.75) is 56.8 Å². The average molecular weight is 328 g/mol. The molecule has 0 saturated heterocycles. The zero-order chi connectivity index (χ0) is 16.4. The maximum atomic E-state index is 12.1. The number of hydrogen-bond acceptors (Lipinski definition) is 5. The fraction of sp³-hybridized carbons (Fsp3) is 0.625. The normalized spacial score (nSPS) is 17.5. The second-order valence-electron chi connectivity index (χ2n) is 6.32. The lowest BCUT2D eigenvalue weighted by Crippen LogP contribution is -2.32. The molecule has 5 nitrogen and oxygen atoms in total. The Kier molecular flexibility index (Phi) is 5.27. The summed E-state index contributed by atoms with van der Waals surface area (Å²) in [5.41, 5.74) is 0.992. The lowest BCUT2D eigenvalue weighted by atomic mass is 10.1. The third-order valence-corrected chi connectivity index (χ3v) is 4.86. The van der Waals surface area contributed by atoms with Crippen LogP contribution in [0.4, 0.5) is 0 Å². The lowest BCUT2D eigenvalue weighted by molar-refractivity contribution is -0.212. The summed E-state index contributed by atoms with van der Waals surface area (Å²) >= 11 is 0. The van der Waals surface area contributed by atoms with Gasteiger partial charge in [-0.3, -0.25) is 4.18 Å². The van der Waals surface area contributed by atoms with Crippen molar-refractivity contribution in [1.29, 1.82) is 0 Å². The summed E-state index contributed by atoms with van der Waals surface area (Å²) in [7, 11) is -3.74. The van der Waals surface area contributed by atoms with E-state index in [1.54, 1.807) is 26.0 Å². The molecule has 0 heterocycles. The van der Waals surface area contributed by atoms with Gasteiger partial charge in [0.25, 0.3) is 10.1 Å². The predicted molar refractivity (Wildman–Crippen MR) is 82.8 cm³/mol. The van der Waals surface area contributed by atoms with Crippen LogP contribution >= 0.6 is 0 Å². The summed E-state index contributed by atoms with van der Waals surface area (Å²) in [4.78, 5) is 0.157. The molecule has 0 amide bonds. The molecule has 1 aliphatic rings. The lowest BCUT2D eigenvalue weighted by Gasteiger charge is -2.26. The fourth-order valence-electron chi connectivity index (χ4n) is 2.28. The third-order valence-electron chi connectivity index (χ3n) is 3.54. The molecule has 0 spiro atoms. The van der Waals surface area contributed by atoms with Crippen molar-refractivity contribution in [3.63, 3.8) is 0 Å². The Bertz CT molecular complexity index is 582. The molecule has 1 saturated carbocycles. The molecule has 124 valence electrons.